The Bertz CT molecular complexity index is 2090. The molecule has 8 rings (SSSR count). The second kappa shape index (κ2) is 17.7. The number of hydrogen-bond donors (Lipinski definition) is 5. The van der Waals surface area contributed by atoms with E-state index in [4.69, 9.17) is 24.2 Å². The lowest BCUT2D eigenvalue weighted by atomic mass is 9.84. The van der Waals surface area contributed by atoms with Gasteiger partial charge >= 0.3 is 12.2 Å². The molecule has 5 N–H and O–H groups in total. The van der Waals surface area contributed by atoms with Crippen LogP contribution in [0.15, 0.2) is 60.9 Å². The molecular formula is C43H52N8O8. The molecule has 2 aromatic heterocycles. The van der Waals surface area contributed by atoms with Crippen LogP contribution in [0.4, 0.5) is 9.59 Å². The number of carbonyl (C=O) groups excluding carboxylic acids is 3. The molecule has 0 aliphatic carbocycles. The van der Waals surface area contributed by atoms with Gasteiger partial charge in [-0.15, -0.1) is 0 Å². The molecule has 4 aliphatic rings. The van der Waals surface area contributed by atoms with E-state index in [1.165, 1.54) is 7.11 Å². The maximum Gasteiger partial charge on any atom is 0.407 e. The summed E-state index contributed by atoms with van der Waals surface area (Å²) in [6, 6.07) is 15.3. The maximum atomic E-state index is 14.0. The van der Waals surface area contributed by atoms with Crippen molar-refractivity contribution in [2.45, 2.75) is 75.2 Å². The van der Waals surface area contributed by atoms with E-state index < -0.39 is 23.9 Å². The van der Waals surface area contributed by atoms with Crippen LogP contribution in [0.5, 0.6) is 0 Å². The molecule has 0 spiro atoms. The van der Waals surface area contributed by atoms with Gasteiger partial charge in [0.25, 0.3) is 0 Å². The van der Waals surface area contributed by atoms with Crippen molar-refractivity contribution in [1.82, 2.24) is 40.4 Å². The first-order chi connectivity index (χ1) is 28.8. The number of carbonyl (C=O) groups is 4. The molecule has 4 aromatic rings. The first-order valence-electron chi connectivity index (χ1n) is 20.6. The summed E-state index contributed by atoms with van der Waals surface area (Å²) >= 11 is 0. The van der Waals surface area contributed by atoms with Crippen LogP contribution in [0.1, 0.15) is 75.1 Å². The summed E-state index contributed by atoms with van der Waals surface area (Å²) in [5.74, 6) is 1.06. The SMILES string of the molecule is COC(=O)NC(C(=O)N1CCC[C@H]1c1ncc(-c2ccc(-c3ccc(-c4cnc([C@@H]5CCCN5C(C=O)(NC(=O)O)C5CCOCC5)[nH]4)cc3)cc2)[nH]1)C1CCOCC1. The fourth-order valence-corrected chi connectivity index (χ4v) is 9.50. The highest BCUT2D eigenvalue weighted by atomic mass is 16.5. The van der Waals surface area contributed by atoms with E-state index in [0.717, 1.165) is 71.4 Å². The highest BCUT2D eigenvalue weighted by molar-refractivity contribution is 5.86. The molecular weight excluding hydrogens is 757 g/mol. The van der Waals surface area contributed by atoms with Gasteiger partial charge in [0.2, 0.25) is 5.91 Å². The summed E-state index contributed by atoms with van der Waals surface area (Å²) in [5.41, 5.74) is 4.32. The van der Waals surface area contributed by atoms with Crippen LogP contribution >= 0.6 is 0 Å². The molecule has 16 nitrogen and oxygen atoms in total. The predicted octanol–water partition coefficient (Wildman–Crippen LogP) is 5.67. The number of alkyl carbamates (subject to hydrolysis) is 1. The number of aldehydes is 1. The number of benzene rings is 2. The highest BCUT2D eigenvalue weighted by Crippen LogP contribution is 2.41. The van der Waals surface area contributed by atoms with E-state index in [1.54, 1.807) is 12.4 Å². The van der Waals surface area contributed by atoms with Crippen molar-refractivity contribution < 1.29 is 38.5 Å². The van der Waals surface area contributed by atoms with Crippen LogP contribution in [0.2, 0.25) is 0 Å². The van der Waals surface area contributed by atoms with Crippen LogP contribution in [-0.2, 0) is 23.8 Å². The van der Waals surface area contributed by atoms with Crippen LogP contribution in [0, 0.1) is 11.8 Å². The average Bonchev–Trinajstić information content (AvgIpc) is 4.13. The van der Waals surface area contributed by atoms with Gasteiger partial charge in [-0.25, -0.2) is 19.6 Å². The summed E-state index contributed by atoms with van der Waals surface area (Å²) < 4.78 is 15.9. The quantitative estimate of drug-likeness (QED) is 0.110. The summed E-state index contributed by atoms with van der Waals surface area (Å²) in [7, 11) is 1.30. The fraction of sp³-hybridized carbons (Fsp3) is 0.488. The van der Waals surface area contributed by atoms with Gasteiger partial charge in [-0.05, 0) is 79.5 Å². The van der Waals surface area contributed by atoms with Crippen molar-refractivity contribution in [3.63, 3.8) is 0 Å². The van der Waals surface area contributed by atoms with Gasteiger partial charge in [0.1, 0.15) is 17.7 Å². The maximum absolute atomic E-state index is 14.0. The zero-order valence-corrected chi connectivity index (χ0v) is 33.2. The summed E-state index contributed by atoms with van der Waals surface area (Å²) in [6.07, 6.45) is 8.23. The Balaban J connectivity index is 0.935. The van der Waals surface area contributed by atoms with Crippen LogP contribution < -0.4 is 10.6 Å². The Kier molecular flexibility index (Phi) is 12.1. The molecule has 4 fully saturated rings. The number of nitrogens with one attached hydrogen (secondary N) is 4. The van der Waals surface area contributed by atoms with Crippen molar-refractivity contribution in [1.29, 1.82) is 0 Å². The molecule has 2 unspecified atom stereocenters. The van der Waals surface area contributed by atoms with Gasteiger partial charge < -0.3 is 39.5 Å². The lowest BCUT2D eigenvalue weighted by Gasteiger charge is -2.46. The summed E-state index contributed by atoms with van der Waals surface area (Å²) in [6.45, 7) is 3.23. The third-order valence-electron chi connectivity index (χ3n) is 12.6. The minimum Gasteiger partial charge on any atom is -0.465 e. The number of ether oxygens (including phenoxy) is 3. The molecule has 0 radical (unpaired) electrons. The third-order valence-corrected chi connectivity index (χ3v) is 12.6. The molecule has 16 heteroatoms. The van der Waals surface area contributed by atoms with Crippen molar-refractivity contribution in [2.24, 2.45) is 11.8 Å². The predicted molar refractivity (Wildman–Crippen MR) is 216 cm³/mol. The monoisotopic (exact) mass is 808 g/mol. The van der Waals surface area contributed by atoms with Crippen LogP contribution in [0.25, 0.3) is 33.6 Å². The molecule has 4 saturated heterocycles. The Hall–Kier alpha value is -5.58. The zero-order chi connectivity index (χ0) is 40.9. The Morgan fingerprint density at radius 2 is 1.32 bits per heavy atom. The summed E-state index contributed by atoms with van der Waals surface area (Å²) in [5, 5.41) is 15.2. The molecule has 0 bridgehead atoms. The third kappa shape index (κ3) is 8.34. The molecule has 6 heterocycles. The normalized spacial score (nSPS) is 22.1. The Labute approximate surface area is 342 Å². The Morgan fingerprint density at radius 3 is 1.88 bits per heavy atom. The number of rotatable bonds is 12. The van der Waals surface area contributed by atoms with Crippen molar-refractivity contribution in [2.75, 3.05) is 46.6 Å². The van der Waals surface area contributed by atoms with Gasteiger partial charge in [0.15, 0.2) is 11.9 Å². The van der Waals surface area contributed by atoms with Crippen LogP contribution in [-0.4, -0.2) is 118 Å². The number of nitrogens with zero attached hydrogens (tertiary/aromatic N) is 4. The molecule has 4 atom stereocenters. The molecule has 0 saturated carbocycles. The lowest BCUT2D eigenvalue weighted by Crippen LogP contribution is -2.66. The number of amides is 3. The van der Waals surface area contributed by atoms with Gasteiger partial charge in [-0.2, -0.15) is 0 Å². The minimum atomic E-state index is -1.36. The topological polar surface area (TPSA) is 204 Å². The van der Waals surface area contributed by atoms with Gasteiger partial charge in [-0.1, -0.05) is 48.5 Å². The smallest absolute Gasteiger partial charge is 0.407 e. The number of carboxylic acid groups (broad SMARTS) is 1. The van der Waals surface area contributed by atoms with E-state index in [0.29, 0.717) is 71.0 Å². The number of likely N-dealkylation sites (tertiary alicyclic amines) is 2. The fourth-order valence-electron chi connectivity index (χ4n) is 9.50. The minimum absolute atomic E-state index is 0.0325. The zero-order valence-electron chi connectivity index (χ0n) is 33.2. The van der Waals surface area contributed by atoms with E-state index in [9.17, 15) is 24.3 Å². The highest BCUT2D eigenvalue weighted by Gasteiger charge is 2.51. The number of imidazole rings is 2. The number of hydrogen-bond acceptors (Lipinski definition) is 10. The largest absolute Gasteiger partial charge is 0.465 e. The van der Waals surface area contributed by atoms with E-state index in [1.807, 2.05) is 34.1 Å². The Morgan fingerprint density at radius 1 is 0.797 bits per heavy atom. The molecule has 3 amide bonds. The van der Waals surface area contributed by atoms with E-state index in [2.05, 4.69) is 44.9 Å². The van der Waals surface area contributed by atoms with E-state index >= 15 is 0 Å². The number of H-pyrrole nitrogens is 2. The van der Waals surface area contributed by atoms with Crippen molar-refractivity contribution >= 4 is 24.4 Å². The number of aromatic nitrogens is 4. The van der Waals surface area contributed by atoms with Gasteiger partial charge in [0, 0.05) is 45.4 Å². The molecule has 59 heavy (non-hydrogen) atoms. The lowest BCUT2D eigenvalue weighted by molar-refractivity contribution is -0.136. The molecule has 2 aromatic carbocycles. The average molecular weight is 809 g/mol. The van der Waals surface area contributed by atoms with Gasteiger partial charge in [-0.3, -0.25) is 19.8 Å². The second-order valence-electron chi connectivity index (χ2n) is 15.9. The van der Waals surface area contributed by atoms with Crippen molar-refractivity contribution in [3.05, 3.63) is 72.6 Å². The first kappa shape index (κ1) is 40.2. The van der Waals surface area contributed by atoms with Gasteiger partial charge in [0.05, 0.1) is 43.0 Å². The standard InChI is InChI=1S/C43H52N8O8/c1-57-42(56)48-37(31-14-20-58-21-15-31)40(53)50-18-2-4-35(50)38-44-24-33(46-38)29-10-6-27(7-11-29)28-8-12-30(13-9-28)34-25-45-39(47-34)36-5-3-19-51(36)43(26-52,49-41(54)55)32-16-22-59-23-17-32/h6-13,24-26,31-32,35-37,49H,2-5,14-23H2,1H3,(H,44,46)(H,45,47)(H,48,56)(H,54,55)/t35-,36-,37?,43?/m0/s1. The molecule has 312 valence electrons. The number of methoxy groups -OCH3 is 1. The summed E-state index contributed by atoms with van der Waals surface area (Å²) in [4.78, 5) is 71.2. The van der Waals surface area contributed by atoms with E-state index in [-0.39, 0.29) is 29.8 Å². The van der Waals surface area contributed by atoms with Crippen LogP contribution in [0.3, 0.4) is 0 Å². The van der Waals surface area contributed by atoms with Crippen molar-refractivity contribution in [3.8, 4) is 33.6 Å². The first-order valence-corrected chi connectivity index (χ1v) is 20.6. The number of aromatic amines is 2. The second-order valence-corrected chi connectivity index (χ2v) is 15.9. The molecule has 4 aliphatic heterocycles.